The minimum atomic E-state index is 0.621. The van der Waals surface area contributed by atoms with Gasteiger partial charge in [0.1, 0.15) is 5.75 Å². The van der Waals surface area contributed by atoms with E-state index in [0.717, 1.165) is 11.3 Å². The van der Waals surface area contributed by atoms with E-state index in [1.54, 1.807) is 13.3 Å². The smallest absolute Gasteiger partial charge is 0.213 e. The molecule has 0 aliphatic carbocycles. The number of aromatic nitrogens is 1. The van der Waals surface area contributed by atoms with Gasteiger partial charge >= 0.3 is 0 Å². The Kier molecular flexibility index (Phi) is 2.91. The second-order valence-corrected chi connectivity index (χ2v) is 2.43. The maximum atomic E-state index is 5.32. The highest BCUT2D eigenvalue weighted by molar-refractivity contribution is 5.33. The van der Waals surface area contributed by atoms with Gasteiger partial charge in [0.2, 0.25) is 5.88 Å². The van der Waals surface area contributed by atoms with Crippen LogP contribution in [-0.4, -0.2) is 18.7 Å². The molecule has 0 unspecified atom stereocenters. The molecule has 0 bridgehead atoms. The second kappa shape index (κ2) is 3.95. The van der Waals surface area contributed by atoms with Crippen molar-refractivity contribution >= 4 is 0 Å². The largest absolute Gasteiger partial charge is 0.492 e. The van der Waals surface area contributed by atoms with Gasteiger partial charge in [0, 0.05) is 6.07 Å². The molecule has 0 radical (unpaired) electrons. The molecule has 0 spiro atoms. The summed E-state index contributed by atoms with van der Waals surface area (Å²) in [5.74, 6) is 1.44. The molecule has 1 rings (SSSR count). The van der Waals surface area contributed by atoms with Gasteiger partial charge in [-0.3, -0.25) is 0 Å². The van der Waals surface area contributed by atoms with Gasteiger partial charge < -0.3 is 9.47 Å². The van der Waals surface area contributed by atoms with E-state index in [0.29, 0.717) is 12.5 Å². The maximum absolute atomic E-state index is 5.32. The second-order valence-electron chi connectivity index (χ2n) is 2.43. The predicted octanol–water partition coefficient (Wildman–Crippen LogP) is 1.80. The van der Waals surface area contributed by atoms with Gasteiger partial charge in [0.25, 0.3) is 0 Å². The molecule has 0 aliphatic heterocycles. The molecule has 1 aromatic heterocycles. The minimum Gasteiger partial charge on any atom is -0.492 e. The van der Waals surface area contributed by atoms with E-state index < -0.39 is 0 Å². The van der Waals surface area contributed by atoms with E-state index in [-0.39, 0.29) is 0 Å². The first kappa shape index (κ1) is 8.84. The number of pyridine rings is 1. The van der Waals surface area contributed by atoms with Gasteiger partial charge in [0.15, 0.2) is 0 Å². The molecule has 0 atom stereocenters. The third kappa shape index (κ3) is 1.87. The molecule has 0 fully saturated rings. The fourth-order valence-corrected chi connectivity index (χ4v) is 0.936. The quantitative estimate of drug-likeness (QED) is 0.687. The van der Waals surface area contributed by atoms with E-state index in [9.17, 15) is 0 Å². The molecule has 0 saturated heterocycles. The van der Waals surface area contributed by atoms with Crippen molar-refractivity contribution < 1.29 is 9.47 Å². The van der Waals surface area contributed by atoms with E-state index in [2.05, 4.69) is 4.98 Å². The third-order valence-electron chi connectivity index (χ3n) is 1.55. The highest BCUT2D eigenvalue weighted by Gasteiger charge is 2.00. The van der Waals surface area contributed by atoms with Gasteiger partial charge in [-0.2, -0.15) is 0 Å². The molecule has 0 amide bonds. The van der Waals surface area contributed by atoms with Crippen LogP contribution in [0.15, 0.2) is 12.3 Å². The Balaban J connectivity index is 2.87. The van der Waals surface area contributed by atoms with Crippen molar-refractivity contribution in [3.8, 4) is 11.6 Å². The van der Waals surface area contributed by atoms with Crippen LogP contribution in [0, 0.1) is 6.92 Å². The number of hydrogen-bond acceptors (Lipinski definition) is 3. The highest BCUT2D eigenvalue weighted by atomic mass is 16.5. The molecular formula is C9H13NO2. The monoisotopic (exact) mass is 167 g/mol. The van der Waals surface area contributed by atoms with E-state index in [4.69, 9.17) is 9.47 Å². The minimum absolute atomic E-state index is 0.621. The van der Waals surface area contributed by atoms with Gasteiger partial charge in [-0.1, -0.05) is 0 Å². The standard InChI is InChI=1S/C9H13NO2/c1-4-12-8-6-10-9(11-3)5-7(8)2/h5-6H,4H2,1-3H3. The summed E-state index contributed by atoms with van der Waals surface area (Å²) in [5.41, 5.74) is 1.05. The van der Waals surface area contributed by atoms with Crippen LogP contribution in [-0.2, 0) is 0 Å². The molecule has 3 nitrogen and oxygen atoms in total. The van der Waals surface area contributed by atoms with Crippen molar-refractivity contribution in [3.63, 3.8) is 0 Å². The molecule has 0 aliphatic rings. The Labute approximate surface area is 72.3 Å². The zero-order chi connectivity index (χ0) is 8.97. The summed E-state index contributed by atoms with van der Waals surface area (Å²) in [4.78, 5) is 4.03. The van der Waals surface area contributed by atoms with Crippen molar-refractivity contribution in [1.82, 2.24) is 4.98 Å². The highest BCUT2D eigenvalue weighted by Crippen LogP contribution is 2.19. The van der Waals surface area contributed by atoms with Crippen LogP contribution in [0.1, 0.15) is 12.5 Å². The Bertz CT molecular complexity index is 261. The molecule has 1 heterocycles. The van der Waals surface area contributed by atoms with Crippen LogP contribution >= 0.6 is 0 Å². The molecular weight excluding hydrogens is 154 g/mol. The summed E-state index contributed by atoms with van der Waals surface area (Å²) in [7, 11) is 1.60. The van der Waals surface area contributed by atoms with Crippen LogP contribution in [0.2, 0.25) is 0 Å². The Morgan fingerprint density at radius 3 is 2.75 bits per heavy atom. The first-order chi connectivity index (χ1) is 5.77. The summed E-state index contributed by atoms with van der Waals surface area (Å²) >= 11 is 0. The number of nitrogens with zero attached hydrogens (tertiary/aromatic N) is 1. The SMILES string of the molecule is CCOc1cnc(OC)cc1C. The lowest BCUT2D eigenvalue weighted by Gasteiger charge is -2.06. The van der Waals surface area contributed by atoms with Crippen molar-refractivity contribution in [1.29, 1.82) is 0 Å². The fraction of sp³-hybridized carbons (Fsp3) is 0.444. The first-order valence-corrected chi connectivity index (χ1v) is 3.91. The zero-order valence-electron chi connectivity index (χ0n) is 7.63. The van der Waals surface area contributed by atoms with Crippen LogP contribution in [0.5, 0.6) is 11.6 Å². The Morgan fingerprint density at radius 1 is 1.50 bits per heavy atom. The Morgan fingerprint density at radius 2 is 2.25 bits per heavy atom. The summed E-state index contributed by atoms with van der Waals surface area (Å²) in [6, 6.07) is 1.85. The van der Waals surface area contributed by atoms with Gasteiger partial charge in [-0.05, 0) is 19.4 Å². The van der Waals surface area contributed by atoms with Crippen molar-refractivity contribution in [2.75, 3.05) is 13.7 Å². The van der Waals surface area contributed by atoms with Crippen molar-refractivity contribution in [3.05, 3.63) is 17.8 Å². The topological polar surface area (TPSA) is 31.4 Å². The molecule has 0 N–H and O–H groups in total. The van der Waals surface area contributed by atoms with Crippen LogP contribution in [0.4, 0.5) is 0 Å². The molecule has 0 saturated carbocycles. The number of hydrogen-bond donors (Lipinski definition) is 0. The lowest BCUT2D eigenvalue weighted by Crippen LogP contribution is -1.96. The number of ether oxygens (including phenoxy) is 2. The average Bonchev–Trinajstić information content (AvgIpc) is 2.09. The normalized spacial score (nSPS) is 9.58. The fourth-order valence-electron chi connectivity index (χ4n) is 0.936. The molecule has 66 valence electrons. The van der Waals surface area contributed by atoms with Crippen LogP contribution in [0.3, 0.4) is 0 Å². The summed E-state index contributed by atoms with van der Waals surface area (Å²) < 4.78 is 10.3. The van der Waals surface area contributed by atoms with E-state index in [1.807, 2.05) is 19.9 Å². The van der Waals surface area contributed by atoms with Crippen LogP contribution in [0.25, 0.3) is 0 Å². The molecule has 3 heteroatoms. The lowest BCUT2D eigenvalue weighted by molar-refractivity contribution is 0.333. The van der Waals surface area contributed by atoms with Gasteiger partial charge in [0.05, 0.1) is 19.9 Å². The first-order valence-electron chi connectivity index (χ1n) is 3.91. The number of rotatable bonds is 3. The third-order valence-corrected chi connectivity index (χ3v) is 1.55. The molecule has 1 aromatic rings. The Hall–Kier alpha value is -1.25. The van der Waals surface area contributed by atoms with E-state index >= 15 is 0 Å². The summed E-state index contributed by atoms with van der Waals surface area (Å²) in [5, 5.41) is 0. The number of aryl methyl sites for hydroxylation is 1. The molecule has 12 heavy (non-hydrogen) atoms. The molecule has 0 aromatic carbocycles. The van der Waals surface area contributed by atoms with Crippen molar-refractivity contribution in [2.24, 2.45) is 0 Å². The summed E-state index contributed by atoms with van der Waals surface area (Å²) in [6.45, 7) is 4.58. The average molecular weight is 167 g/mol. The van der Waals surface area contributed by atoms with Crippen LogP contribution < -0.4 is 9.47 Å². The van der Waals surface area contributed by atoms with Gasteiger partial charge in [-0.25, -0.2) is 4.98 Å². The van der Waals surface area contributed by atoms with Gasteiger partial charge in [-0.15, -0.1) is 0 Å². The van der Waals surface area contributed by atoms with Crippen molar-refractivity contribution in [2.45, 2.75) is 13.8 Å². The zero-order valence-corrected chi connectivity index (χ0v) is 7.63. The van der Waals surface area contributed by atoms with E-state index in [1.165, 1.54) is 0 Å². The predicted molar refractivity (Wildman–Crippen MR) is 46.7 cm³/mol. The maximum Gasteiger partial charge on any atom is 0.213 e. The summed E-state index contributed by atoms with van der Waals surface area (Å²) in [6.07, 6.45) is 1.68. The lowest BCUT2D eigenvalue weighted by atomic mass is 10.3. The number of methoxy groups -OCH3 is 1.